The van der Waals surface area contributed by atoms with Crippen LogP contribution in [0, 0.1) is 0 Å². The van der Waals surface area contributed by atoms with Crippen molar-refractivity contribution in [1.29, 1.82) is 0 Å². The number of aliphatic hydroxyl groups is 1. The van der Waals surface area contributed by atoms with Gasteiger partial charge in [0.05, 0.1) is 30.2 Å². The van der Waals surface area contributed by atoms with Crippen molar-refractivity contribution in [3.63, 3.8) is 0 Å². The van der Waals surface area contributed by atoms with E-state index in [-0.39, 0.29) is 18.0 Å². The minimum Gasteiger partial charge on any atom is -0.506 e. The maximum absolute atomic E-state index is 13.8. The number of carbonyl (C=O) groups is 1. The Morgan fingerprint density at radius 2 is 1.88 bits per heavy atom. The van der Waals surface area contributed by atoms with E-state index in [1.807, 2.05) is 5.38 Å². The number of phenols is 1. The van der Waals surface area contributed by atoms with Gasteiger partial charge in [-0.05, 0) is 60.5 Å². The topological polar surface area (TPSA) is 150 Å². The van der Waals surface area contributed by atoms with Crippen molar-refractivity contribution in [2.75, 3.05) is 29.9 Å². The van der Waals surface area contributed by atoms with Crippen LogP contribution in [0.15, 0.2) is 72.2 Å². The molecule has 1 aromatic heterocycles. The lowest BCUT2D eigenvalue weighted by Crippen LogP contribution is -2.50. The smallest absolute Gasteiger partial charge is 0.249 e. The van der Waals surface area contributed by atoms with Gasteiger partial charge in [0.25, 0.3) is 0 Å². The first-order valence-corrected chi connectivity index (χ1v) is 15.4. The number of aliphatic hydroxyl groups excluding tert-OH is 1. The average Bonchev–Trinajstić information content (AvgIpc) is 3.47. The number of benzene rings is 3. The predicted octanol–water partition coefficient (Wildman–Crippen LogP) is 4.73. The van der Waals surface area contributed by atoms with E-state index >= 15 is 0 Å². The third kappa shape index (κ3) is 7.34. The molecule has 41 heavy (non-hydrogen) atoms. The summed E-state index contributed by atoms with van der Waals surface area (Å²) in [6.45, 7) is 1.58. The van der Waals surface area contributed by atoms with Crippen molar-refractivity contribution in [2.24, 2.45) is 0 Å². The second-order valence-electron chi connectivity index (χ2n) is 9.39. The molecule has 216 valence electrons. The van der Waals surface area contributed by atoms with E-state index in [0.29, 0.717) is 27.6 Å². The van der Waals surface area contributed by atoms with E-state index in [0.717, 1.165) is 16.8 Å². The lowest BCUT2D eigenvalue weighted by molar-refractivity contribution is -0.122. The Hall–Kier alpha value is -3.68. The second-order valence-corrected chi connectivity index (χ2v) is 12.4. The highest BCUT2D eigenvalue weighted by molar-refractivity contribution is 7.92. The Bertz CT molecular complexity index is 1630. The number of hydrogen-bond acceptors (Lipinski definition) is 9. The number of carbonyl (C=O) groups excluding carboxylic acids is 1. The number of amides is 1. The molecular weight excluding hydrogens is 588 g/mol. The molecule has 4 aromatic rings. The molecule has 0 aliphatic rings. The largest absolute Gasteiger partial charge is 0.506 e. The number of aromatic hydroxyl groups is 1. The molecule has 10 nitrogen and oxygen atoms in total. The zero-order valence-electron chi connectivity index (χ0n) is 22.4. The molecule has 0 fully saturated rings. The third-order valence-corrected chi connectivity index (χ3v) is 8.07. The van der Waals surface area contributed by atoms with E-state index in [2.05, 4.69) is 20.3 Å². The van der Waals surface area contributed by atoms with Gasteiger partial charge in [0, 0.05) is 29.4 Å². The first-order chi connectivity index (χ1) is 19.4. The zero-order valence-corrected chi connectivity index (χ0v) is 24.8. The SMILES string of the molecule is COc1ccc([C@](C)(NCC(O)c2ccc(O)c(NS(C)(=O)=O)c2)C(=O)Nc2ccc(-c3nccs3)c(Cl)c2)cc1. The Morgan fingerprint density at radius 3 is 2.49 bits per heavy atom. The Morgan fingerprint density at radius 1 is 1.15 bits per heavy atom. The van der Waals surface area contributed by atoms with Crippen LogP contribution < -0.4 is 20.1 Å². The van der Waals surface area contributed by atoms with Gasteiger partial charge in [-0.1, -0.05) is 29.8 Å². The number of methoxy groups -OCH3 is 1. The van der Waals surface area contributed by atoms with Crippen molar-refractivity contribution in [3.05, 3.63) is 88.4 Å². The van der Waals surface area contributed by atoms with Crippen LogP contribution in [-0.4, -0.2) is 49.4 Å². The van der Waals surface area contributed by atoms with Crippen LogP contribution in [0.25, 0.3) is 10.6 Å². The van der Waals surface area contributed by atoms with Gasteiger partial charge in [-0.25, -0.2) is 13.4 Å². The number of aromatic nitrogens is 1. The summed E-state index contributed by atoms with van der Waals surface area (Å²) < 4.78 is 30.8. The highest BCUT2D eigenvalue weighted by Gasteiger charge is 2.36. The number of ether oxygens (including phenoxy) is 1. The van der Waals surface area contributed by atoms with Crippen molar-refractivity contribution < 1.29 is 28.2 Å². The maximum atomic E-state index is 13.8. The standard InChI is InChI=1S/C28H29ClN4O6S2/c1-28(18-5-8-20(39-2)9-6-18,27(36)32-19-7-10-21(22(29)15-19)26-30-12-13-40-26)31-16-25(35)17-4-11-24(34)23(14-17)33-41(3,37)38/h4-15,25,31,33-35H,16H2,1-3H3,(H,32,36)/t25?,28-/m0/s1. The molecule has 0 saturated carbocycles. The maximum Gasteiger partial charge on any atom is 0.249 e. The fourth-order valence-electron chi connectivity index (χ4n) is 4.08. The quantitative estimate of drug-likeness (QED) is 0.152. The van der Waals surface area contributed by atoms with Gasteiger partial charge in [0.2, 0.25) is 15.9 Å². The van der Waals surface area contributed by atoms with Crippen LogP contribution in [0.5, 0.6) is 11.5 Å². The Balaban J connectivity index is 1.59. The molecule has 2 atom stereocenters. The number of nitrogens with one attached hydrogen (secondary N) is 3. The number of phenolic OH excluding ortho intramolecular Hbond substituents is 1. The van der Waals surface area contributed by atoms with Crippen LogP contribution in [0.2, 0.25) is 5.02 Å². The van der Waals surface area contributed by atoms with Crippen molar-refractivity contribution in [3.8, 4) is 22.1 Å². The van der Waals surface area contributed by atoms with Crippen LogP contribution in [0.3, 0.4) is 0 Å². The molecule has 0 bridgehead atoms. The monoisotopic (exact) mass is 616 g/mol. The van der Waals surface area contributed by atoms with Gasteiger partial charge in [0.15, 0.2) is 0 Å². The molecule has 3 aromatic carbocycles. The molecule has 1 unspecified atom stereocenters. The molecule has 1 heterocycles. The number of halogens is 1. The van der Waals surface area contributed by atoms with Crippen LogP contribution >= 0.6 is 22.9 Å². The van der Waals surface area contributed by atoms with Gasteiger partial charge in [-0.3, -0.25) is 14.8 Å². The van der Waals surface area contributed by atoms with Gasteiger partial charge < -0.3 is 20.3 Å². The summed E-state index contributed by atoms with van der Waals surface area (Å²) in [4.78, 5) is 18.0. The molecule has 0 spiro atoms. The van der Waals surface area contributed by atoms with Gasteiger partial charge in [0.1, 0.15) is 22.0 Å². The summed E-state index contributed by atoms with van der Waals surface area (Å²) in [5.41, 5.74) is 0.730. The third-order valence-electron chi connectivity index (χ3n) is 6.36. The second kappa shape index (κ2) is 12.5. The number of rotatable bonds is 11. The summed E-state index contributed by atoms with van der Waals surface area (Å²) in [5, 5.41) is 30.1. The van der Waals surface area contributed by atoms with E-state index in [1.165, 1.54) is 29.5 Å². The molecule has 0 saturated heterocycles. The van der Waals surface area contributed by atoms with Gasteiger partial charge >= 0.3 is 0 Å². The Kier molecular flexibility index (Phi) is 9.20. The summed E-state index contributed by atoms with van der Waals surface area (Å²) >= 11 is 7.95. The molecule has 0 aliphatic carbocycles. The lowest BCUT2D eigenvalue weighted by atomic mass is 9.90. The summed E-state index contributed by atoms with van der Waals surface area (Å²) in [6, 6.07) is 16.2. The minimum atomic E-state index is -3.66. The molecule has 0 aliphatic heterocycles. The van der Waals surface area contributed by atoms with E-state index in [9.17, 15) is 23.4 Å². The number of thiazole rings is 1. The molecule has 13 heteroatoms. The summed E-state index contributed by atoms with van der Waals surface area (Å²) in [6.07, 6.45) is 1.48. The normalized spacial score (nSPS) is 13.7. The zero-order chi connectivity index (χ0) is 29.8. The highest BCUT2D eigenvalue weighted by Crippen LogP contribution is 2.33. The van der Waals surface area contributed by atoms with Crippen molar-refractivity contribution >= 4 is 50.2 Å². The number of sulfonamides is 1. The molecule has 0 radical (unpaired) electrons. The number of hydrogen-bond donors (Lipinski definition) is 5. The fourth-order valence-corrected chi connectivity index (χ4v) is 5.64. The Labute approximate surface area is 247 Å². The summed E-state index contributed by atoms with van der Waals surface area (Å²) in [7, 11) is -2.12. The molecule has 4 rings (SSSR count). The van der Waals surface area contributed by atoms with Gasteiger partial charge in [-0.15, -0.1) is 11.3 Å². The highest BCUT2D eigenvalue weighted by atomic mass is 35.5. The predicted molar refractivity (Wildman–Crippen MR) is 161 cm³/mol. The minimum absolute atomic E-state index is 0.0715. The van der Waals surface area contributed by atoms with Crippen LogP contribution in [0.1, 0.15) is 24.2 Å². The fraction of sp³-hybridized carbons (Fsp3) is 0.214. The van der Waals surface area contributed by atoms with E-state index < -0.39 is 27.6 Å². The van der Waals surface area contributed by atoms with Crippen molar-refractivity contribution in [2.45, 2.75) is 18.6 Å². The molecule has 5 N–H and O–H groups in total. The first-order valence-electron chi connectivity index (χ1n) is 12.3. The van der Waals surface area contributed by atoms with Crippen LogP contribution in [-0.2, 0) is 20.4 Å². The van der Waals surface area contributed by atoms with E-state index in [4.69, 9.17) is 16.3 Å². The van der Waals surface area contributed by atoms with Crippen LogP contribution in [0.4, 0.5) is 11.4 Å². The average molecular weight is 617 g/mol. The molecule has 1 amide bonds. The van der Waals surface area contributed by atoms with Crippen molar-refractivity contribution in [1.82, 2.24) is 10.3 Å². The first kappa shape index (κ1) is 30.3. The number of anilines is 2. The van der Waals surface area contributed by atoms with E-state index in [1.54, 1.807) is 62.7 Å². The van der Waals surface area contributed by atoms with Gasteiger partial charge in [-0.2, -0.15) is 0 Å². The number of nitrogens with zero attached hydrogens (tertiary/aromatic N) is 1. The molecular formula is C28H29ClN4O6S2. The lowest BCUT2D eigenvalue weighted by Gasteiger charge is -2.31. The summed E-state index contributed by atoms with van der Waals surface area (Å²) in [5.74, 6) is -0.101.